The third-order valence-electron chi connectivity index (χ3n) is 1.98. The summed E-state index contributed by atoms with van der Waals surface area (Å²) in [5.74, 6) is 1.78. The molecule has 0 bridgehead atoms. The minimum atomic E-state index is 0.264. The molecule has 0 unspecified atom stereocenters. The van der Waals surface area contributed by atoms with Gasteiger partial charge < -0.3 is 11.1 Å². The molecule has 6 nitrogen and oxygen atoms in total. The summed E-state index contributed by atoms with van der Waals surface area (Å²) in [5.41, 5.74) is 5.68. The Kier molecular flexibility index (Phi) is 4.32. The van der Waals surface area contributed by atoms with Crippen molar-refractivity contribution in [1.82, 2.24) is 19.3 Å². The lowest BCUT2D eigenvalue weighted by Gasteiger charge is -2.05. The van der Waals surface area contributed by atoms with Gasteiger partial charge in [0.05, 0.1) is 0 Å². The van der Waals surface area contributed by atoms with Crippen LogP contribution in [0.1, 0.15) is 19.2 Å². The molecule has 0 saturated carbocycles. The van der Waals surface area contributed by atoms with Gasteiger partial charge in [-0.1, -0.05) is 6.92 Å². The number of aryl methyl sites for hydroxylation is 1. The molecule has 2 rings (SSSR count). The van der Waals surface area contributed by atoms with E-state index in [2.05, 4.69) is 31.6 Å². The van der Waals surface area contributed by atoms with Gasteiger partial charge in [-0.25, -0.2) is 9.97 Å². The van der Waals surface area contributed by atoms with E-state index >= 15 is 0 Å². The first-order chi connectivity index (χ1) is 8.67. The van der Waals surface area contributed by atoms with E-state index in [1.54, 1.807) is 0 Å². The molecule has 0 aliphatic rings. The van der Waals surface area contributed by atoms with E-state index in [9.17, 15) is 0 Å². The largest absolute Gasteiger partial charge is 0.370 e. The molecule has 0 saturated heterocycles. The van der Waals surface area contributed by atoms with E-state index in [1.807, 2.05) is 13.0 Å². The van der Waals surface area contributed by atoms with Crippen LogP contribution in [0.25, 0.3) is 0 Å². The predicted molar refractivity (Wildman–Crippen MR) is 74.0 cm³/mol. The zero-order valence-electron chi connectivity index (χ0n) is 10.2. The molecule has 2 aromatic heterocycles. The number of anilines is 2. The molecule has 0 aromatic carbocycles. The van der Waals surface area contributed by atoms with Gasteiger partial charge in [-0.05, 0) is 36.6 Å². The third-order valence-corrected chi connectivity index (χ3v) is 3.74. The summed E-state index contributed by atoms with van der Waals surface area (Å²) in [5, 5.41) is 3.96. The van der Waals surface area contributed by atoms with Gasteiger partial charge >= 0.3 is 0 Å². The second-order valence-electron chi connectivity index (χ2n) is 3.59. The molecular weight excluding hydrogens is 268 g/mol. The molecule has 0 radical (unpaired) electrons. The predicted octanol–water partition coefficient (Wildman–Crippen LogP) is 2.19. The van der Waals surface area contributed by atoms with E-state index in [4.69, 9.17) is 5.73 Å². The van der Waals surface area contributed by atoms with Crippen LogP contribution in [0.15, 0.2) is 15.4 Å². The lowest BCUT2D eigenvalue weighted by atomic mass is 10.4. The number of aromatic nitrogens is 4. The maximum atomic E-state index is 5.68. The zero-order chi connectivity index (χ0) is 13.0. The molecule has 0 atom stereocenters. The quantitative estimate of drug-likeness (QED) is 0.812. The molecule has 96 valence electrons. The Hall–Kier alpha value is -1.41. The van der Waals surface area contributed by atoms with Crippen molar-refractivity contribution < 1.29 is 0 Å². The minimum absolute atomic E-state index is 0.264. The van der Waals surface area contributed by atoms with Crippen molar-refractivity contribution in [2.75, 3.05) is 17.6 Å². The SMILES string of the molecule is CCCNc1cc(Sc2nc(C)ns2)nc(N)n1. The lowest BCUT2D eigenvalue weighted by Crippen LogP contribution is -2.05. The van der Waals surface area contributed by atoms with Gasteiger partial charge in [-0.15, -0.1) is 0 Å². The first kappa shape index (κ1) is 13.0. The van der Waals surface area contributed by atoms with Crippen molar-refractivity contribution in [2.45, 2.75) is 29.6 Å². The van der Waals surface area contributed by atoms with Crippen molar-refractivity contribution in [3.63, 3.8) is 0 Å². The molecule has 0 amide bonds. The summed E-state index contributed by atoms with van der Waals surface area (Å²) in [6.45, 7) is 4.82. The number of rotatable bonds is 5. The highest BCUT2D eigenvalue weighted by Crippen LogP contribution is 2.28. The Balaban J connectivity index is 2.14. The van der Waals surface area contributed by atoms with Crippen LogP contribution >= 0.6 is 23.3 Å². The summed E-state index contributed by atoms with van der Waals surface area (Å²) in [6.07, 6.45) is 1.03. The Bertz CT molecular complexity index is 527. The van der Waals surface area contributed by atoms with Crippen molar-refractivity contribution in [3.05, 3.63) is 11.9 Å². The molecule has 18 heavy (non-hydrogen) atoms. The van der Waals surface area contributed by atoms with Gasteiger partial charge in [0, 0.05) is 12.6 Å². The molecule has 8 heteroatoms. The molecule has 3 N–H and O–H groups in total. The molecule has 0 spiro atoms. The van der Waals surface area contributed by atoms with Gasteiger partial charge in [0.1, 0.15) is 16.7 Å². The van der Waals surface area contributed by atoms with E-state index in [0.29, 0.717) is 0 Å². The van der Waals surface area contributed by atoms with Crippen molar-refractivity contribution in [1.29, 1.82) is 0 Å². The number of hydrogen-bond donors (Lipinski definition) is 2. The number of nitrogens with two attached hydrogens (primary N) is 1. The number of nitrogens with one attached hydrogen (secondary N) is 1. The van der Waals surface area contributed by atoms with Gasteiger partial charge in [0.15, 0.2) is 4.34 Å². The number of nitrogen functional groups attached to an aromatic ring is 1. The van der Waals surface area contributed by atoms with Crippen LogP contribution in [0.3, 0.4) is 0 Å². The number of hydrogen-bond acceptors (Lipinski definition) is 8. The first-order valence-corrected chi connectivity index (χ1v) is 7.13. The van der Waals surface area contributed by atoms with Crippen molar-refractivity contribution >= 4 is 35.1 Å². The fourth-order valence-electron chi connectivity index (χ4n) is 1.25. The summed E-state index contributed by atoms with van der Waals surface area (Å²) in [7, 11) is 0. The summed E-state index contributed by atoms with van der Waals surface area (Å²) >= 11 is 2.80. The van der Waals surface area contributed by atoms with Crippen molar-refractivity contribution in [3.8, 4) is 0 Å². The average Bonchev–Trinajstić information content (AvgIpc) is 2.71. The van der Waals surface area contributed by atoms with Crippen LogP contribution in [-0.4, -0.2) is 25.9 Å². The van der Waals surface area contributed by atoms with Crippen LogP contribution in [0.2, 0.25) is 0 Å². The van der Waals surface area contributed by atoms with Crippen LogP contribution in [0.4, 0.5) is 11.8 Å². The van der Waals surface area contributed by atoms with Crippen molar-refractivity contribution in [2.24, 2.45) is 0 Å². The topological polar surface area (TPSA) is 89.6 Å². The fraction of sp³-hybridized carbons (Fsp3) is 0.400. The molecule has 0 fully saturated rings. The normalized spacial score (nSPS) is 10.6. The Morgan fingerprint density at radius 1 is 1.39 bits per heavy atom. The average molecular weight is 282 g/mol. The Morgan fingerprint density at radius 2 is 2.22 bits per heavy atom. The molecule has 2 aromatic rings. The summed E-state index contributed by atoms with van der Waals surface area (Å²) in [4.78, 5) is 12.6. The maximum Gasteiger partial charge on any atom is 0.223 e. The monoisotopic (exact) mass is 282 g/mol. The van der Waals surface area contributed by atoms with E-state index in [-0.39, 0.29) is 5.95 Å². The minimum Gasteiger partial charge on any atom is -0.370 e. The van der Waals surface area contributed by atoms with Crippen LogP contribution in [-0.2, 0) is 0 Å². The van der Waals surface area contributed by atoms with Gasteiger partial charge in [0.2, 0.25) is 5.95 Å². The second kappa shape index (κ2) is 5.96. The molecule has 0 aliphatic heterocycles. The summed E-state index contributed by atoms with van der Waals surface area (Å²) < 4.78 is 4.98. The highest BCUT2D eigenvalue weighted by atomic mass is 32.2. The van der Waals surface area contributed by atoms with Gasteiger partial charge in [-0.3, -0.25) is 0 Å². The van der Waals surface area contributed by atoms with Gasteiger partial charge in [0.25, 0.3) is 0 Å². The molecule has 2 heterocycles. The lowest BCUT2D eigenvalue weighted by molar-refractivity contribution is 0.956. The highest BCUT2D eigenvalue weighted by molar-refractivity contribution is 8.00. The van der Waals surface area contributed by atoms with Crippen LogP contribution in [0.5, 0.6) is 0 Å². The second-order valence-corrected chi connectivity index (χ2v) is 5.61. The van der Waals surface area contributed by atoms with E-state index in [0.717, 1.165) is 34.0 Å². The zero-order valence-corrected chi connectivity index (χ0v) is 11.8. The van der Waals surface area contributed by atoms with Crippen LogP contribution in [0, 0.1) is 6.92 Å². The van der Waals surface area contributed by atoms with E-state index in [1.165, 1.54) is 23.3 Å². The maximum absolute atomic E-state index is 5.68. The molecular formula is C10H14N6S2. The summed E-state index contributed by atoms with van der Waals surface area (Å²) in [6, 6.07) is 1.87. The standard InChI is InChI=1S/C10H14N6S2/c1-3-4-12-7-5-8(15-9(11)14-7)17-10-13-6(2)16-18-10/h5H,3-4H2,1-2H3,(H3,11,12,14,15). The Labute approximate surface area is 114 Å². The van der Waals surface area contributed by atoms with E-state index < -0.39 is 0 Å². The first-order valence-electron chi connectivity index (χ1n) is 5.54. The smallest absolute Gasteiger partial charge is 0.223 e. The fourth-order valence-corrected chi connectivity index (χ4v) is 2.86. The Morgan fingerprint density at radius 3 is 2.89 bits per heavy atom. The third kappa shape index (κ3) is 3.54. The highest BCUT2D eigenvalue weighted by Gasteiger charge is 2.07. The number of nitrogens with zero attached hydrogens (tertiary/aromatic N) is 4. The van der Waals surface area contributed by atoms with Crippen LogP contribution < -0.4 is 11.1 Å². The van der Waals surface area contributed by atoms with Gasteiger partial charge in [-0.2, -0.15) is 9.36 Å². The molecule has 0 aliphatic carbocycles.